The molecule has 0 saturated carbocycles. The van der Waals surface area contributed by atoms with Crippen LogP contribution in [0.1, 0.15) is 20.3 Å². The summed E-state index contributed by atoms with van der Waals surface area (Å²) in [6, 6.07) is 0. The maximum absolute atomic E-state index is 10.7. The molecule has 0 bridgehead atoms. The second kappa shape index (κ2) is 4.21. The maximum atomic E-state index is 10.7. The van der Waals surface area contributed by atoms with E-state index in [0.717, 1.165) is 0 Å². The van der Waals surface area contributed by atoms with Gasteiger partial charge in [-0.05, 0) is 23.6 Å². The van der Waals surface area contributed by atoms with Crippen molar-refractivity contribution < 1.29 is 4.79 Å². The van der Waals surface area contributed by atoms with Gasteiger partial charge in [-0.3, -0.25) is 4.79 Å². The van der Waals surface area contributed by atoms with E-state index >= 15 is 0 Å². The predicted molar refractivity (Wildman–Crippen MR) is 43.3 cm³/mol. The molecule has 0 aromatic carbocycles. The van der Waals surface area contributed by atoms with Gasteiger partial charge in [0.2, 0.25) is 5.24 Å². The highest BCUT2D eigenvalue weighted by molar-refractivity contribution is 6.64. The zero-order valence-electron chi connectivity index (χ0n) is 6.54. The van der Waals surface area contributed by atoms with Crippen LogP contribution in [0.3, 0.4) is 0 Å². The minimum absolute atomic E-state index is 0.308. The van der Waals surface area contributed by atoms with Crippen LogP contribution in [0.15, 0.2) is 5.11 Å². The zero-order chi connectivity index (χ0) is 8.91. The molecule has 0 aliphatic rings. The fourth-order valence-corrected chi connectivity index (χ4v) is 0.567. The van der Waals surface area contributed by atoms with Crippen molar-refractivity contribution in [1.29, 1.82) is 0 Å². The first kappa shape index (κ1) is 10.3. The summed E-state index contributed by atoms with van der Waals surface area (Å²) < 4.78 is 0. The van der Waals surface area contributed by atoms with E-state index in [2.05, 4.69) is 10.0 Å². The third-order valence-electron chi connectivity index (χ3n) is 1.43. The molecule has 0 aromatic heterocycles. The number of hydrogen-bond donors (Lipinski definition) is 0. The summed E-state index contributed by atoms with van der Waals surface area (Å²) in [4.78, 5) is 13.3. The molecule has 0 N–H and O–H groups in total. The van der Waals surface area contributed by atoms with Crippen molar-refractivity contribution in [2.45, 2.75) is 20.3 Å². The van der Waals surface area contributed by atoms with Crippen molar-refractivity contribution in [3.8, 4) is 0 Å². The highest BCUT2D eigenvalue weighted by Gasteiger charge is 2.24. The maximum Gasteiger partial charge on any atom is 0.227 e. The van der Waals surface area contributed by atoms with Gasteiger partial charge in [0.15, 0.2) is 0 Å². The summed E-state index contributed by atoms with van der Waals surface area (Å²) >= 11 is 5.27. The second-order valence-electron chi connectivity index (χ2n) is 2.86. The Morgan fingerprint density at radius 3 is 2.64 bits per heavy atom. The summed E-state index contributed by atoms with van der Waals surface area (Å²) in [7, 11) is 0. The largest absolute Gasteiger partial charge is 0.281 e. The molecule has 0 radical (unpaired) electrons. The van der Waals surface area contributed by atoms with E-state index in [9.17, 15) is 4.79 Å². The molecule has 0 heterocycles. The fraction of sp³-hybridized carbons (Fsp3) is 0.833. The SMILES string of the molecule is CC(C)(CCN=[N+]=[N-])C(=O)Cl. The first-order chi connectivity index (χ1) is 5.00. The molecule has 0 fully saturated rings. The van der Waals surface area contributed by atoms with Crippen LogP contribution in [0.2, 0.25) is 0 Å². The molecule has 0 atom stereocenters. The Balaban J connectivity index is 3.92. The molecule has 0 saturated heterocycles. The molecule has 62 valence electrons. The Morgan fingerprint density at radius 1 is 1.73 bits per heavy atom. The molecular weight excluding hydrogens is 166 g/mol. The van der Waals surface area contributed by atoms with Crippen LogP contribution in [-0.2, 0) is 4.79 Å². The molecule has 5 heteroatoms. The monoisotopic (exact) mass is 175 g/mol. The lowest BCUT2D eigenvalue weighted by Crippen LogP contribution is -2.20. The number of rotatable bonds is 4. The third-order valence-corrected chi connectivity index (χ3v) is 1.94. The quantitative estimate of drug-likeness (QED) is 0.280. The van der Waals surface area contributed by atoms with Gasteiger partial charge in [-0.2, -0.15) is 0 Å². The molecule has 0 rings (SSSR count). The van der Waals surface area contributed by atoms with Crippen LogP contribution < -0.4 is 0 Å². The van der Waals surface area contributed by atoms with E-state index in [1.54, 1.807) is 13.8 Å². The Kier molecular flexibility index (Phi) is 3.93. The Bertz CT molecular complexity index is 196. The van der Waals surface area contributed by atoms with Crippen molar-refractivity contribution in [2.24, 2.45) is 10.5 Å². The summed E-state index contributed by atoms with van der Waals surface area (Å²) in [6.45, 7) is 3.74. The van der Waals surface area contributed by atoms with Gasteiger partial charge in [0.1, 0.15) is 0 Å². The first-order valence-corrected chi connectivity index (χ1v) is 3.59. The Labute approximate surface area is 70.2 Å². The number of halogens is 1. The minimum Gasteiger partial charge on any atom is -0.281 e. The lowest BCUT2D eigenvalue weighted by molar-refractivity contribution is -0.119. The zero-order valence-corrected chi connectivity index (χ0v) is 7.30. The molecule has 0 aromatic rings. The number of hydrogen-bond acceptors (Lipinski definition) is 2. The average molecular weight is 176 g/mol. The van der Waals surface area contributed by atoms with Crippen molar-refractivity contribution in [3.05, 3.63) is 10.4 Å². The molecule has 0 aliphatic heterocycles. The molecule has 11 heavy (non-hydrogen) atoms. The molecule has 0 spiro atoms. The molecule has 0 amide bonds. The normalized spacial score (nSPS) is 10.5. The topological polar surface area (TPSA) is 65.8 Å². The standard InChI is InChI=1S/C6H10ClN3O/c1-6(2,5(7)11)3-4-9-10-8/h3-4H2,1-2H3. The predicted octanol–water partition coefficient (Wildman–Crippen LogP) is 2.48. The van der Waals surface area contributed by atoms with E-state index in [4.69, 9.17) is 17.1 Å². The lowest BCUT2D eigenvalue weighted by atomic mass is 9.91. The third kappa shape index (κ3) is 3.86. The summed E-state index contributed by atoms with van der Waals surface area (Å²) in [5, 5.41) is 2.91. The Morgan fingerprint density at radius 2 is 2.27 bits per heavy atom. The highest BCUT2D eigenvalue weighted by atomic mass is 35.5. The molecule has 0 unspecified atom stereocenters. The van der Waals surface area contributed by atoms with E-state index in [-0.39, 0.29) is 0 Å². The molecular formula is C6H10ClN3O. The number of carbonyl (C=O) groups excluding carboxylic acids is 1. The molecule has 4 nitrogen and oxygen atoms in total. The summed E-state index contributed by atoms with van der Waals surface area (Å²) in [6.07, 6.45) is 0.486. The van der Waals surface area contributed by atoms with Crippen LogP contribution in [0.5, 0.6) is 0 Å². The van der Waals surface area contributed by atoms with E-state index in [1.807, 2.05) is 0 Å². The van der Waals surface area contributed by atoms with Gasteiger partial charge < -0.3 is 0 Å². The van der Waals surface area contributed by atoms with Crippen molar-refractivity contribution in [3.63, 3.8) is 0 Å². The number of carbonyl (C=O) groups is 1. The van der Waals surface area contributed by atoms with Gasteiger partial charge in [-0.25, -0.2) is 0 Å². The molecule has 0 aliphatic carbocycles. The van der Waals surface area contributed by atoms with Crippen LogP contribution in [0.25, 0.3) is 10.4 Å². The van der Waals surface area contributed by atoms with Gasteiger partial charge in [0, 0.05) is 16.9 Å². The average Bonchev–Trinajstić information content (AvgIpc) is 1.88. The summed E-state index contributed by atoms with van der Waals surface area (Å²) in [5.41, 5.74) is 7.35. The number of azide groups is 1. The highest BCUT2D eigenvalue weighted by Crippen LogP contribution is 2.23. The van der Waals surface area contributed by atoms with Crippen LogP contribution >= 0.6 is 11.6 Å². The van der Waals surface area contributed by atoms with Gasteiger partial charge in [0.05, 0.1) is 0 Å². The van der Waals surface area contributed by atoms with Crippen LogP contribution in [0, 0.1) is 5.41 Å². The van der Waals surface area contributed by atoms with E-state index in [1.165, 1.54) is 0 Å². The van der Waals surface area contributed by atoms with Crippen LogP contribution in [0.4, 0.5) is 0 Å². The van der Waals surface area contributed by atoms with Gasteiger partial charge in [-0.1, -0.05) is 19.0 Å². The second-order valence-corrected chi connectivity index (χ2v) is 3.21. The van der Waals surface area contributed by atoms with Crippen molar-refractivity contribution in [2.75, 3.05) is 6.54 Å². The van der Waals surface area contributed by atoms with Gasteiger partial charge >= 0.3 is 0 Å². The van der Waals surface area contributed by atoms with Crippen LogP contribution in [-0.4, -0.2) is 11.8 Å². The smallest absolute Gasteiger partial charge is 0.227 e. The lowest BCUT2D eigenvalue weighted by Gasteiger charge is -2.17. The van der Waals surface area contributed by atoms with E-state index < -0.39 is 10.7 Å². The number of nitrogens with zero attached hydrogens (tertiary/aromatic N) is 3. The summed E-state index contributed by atoms with van der Waals surface area (Å²) in [5.74, 6) is 0. The van der Waals surface area contributed by atoms with Gasteiger partial charge in [-0.15, -0.1) is 0 Å². The van der Waals surface area contributed by atoms with Crippen molar-refractivity contribution in [1.82, 2.24) is 0 Å². The fourth-order valence-electron chi connectivity index (χ4n) is 0.473. The van der Waals surface area contributed by atoms with Crippen molar-refractivity contribution >= 4 is 16.8 Å². The first-order valence-electron chi connectivity index (χ1n) is 3.21. The van der Waals surface area contributed by atoms with Gasteiger partial charge in [0.25, 0.3) is 0 Å². The minimum atomic E-state index is -0.588. The van der Waals surface area contributed by atoms with E-state index in [0.29, 0.717) is 13.0 Å². The Hall–Kier alpha value is -0.730.